The van der Waals surface area contributed by atoms with Crippen LogP contribution in [0.2, 0.25) is 0 Å². The first-order chi connectivity index (χ1) is 7.79. The number of carbonyl (C=O) groups excluding carboxylic acids is 1. The number of hydrogen-bond donors (Lipinski definition) is 0. The van der Waals surface area contributed by atoms with E-state index in [9.17, 15) is 4.79 Å². The molecule has 0 fully saturated rings. The number of unbranched alkanes of at least 4 members (excludes halogenated alkanes) is 3. The molecule has 0 amide bonds. The molecule has 0 aromatic carbocycles. The molecular weight excluding hydrogens is 202 g/mol. The van der Waals surface area contributed by atoms with Gasteiger partial charge in [-0.05, 0) is 18.6 Å². The fraction of sp³-hybridized carbons (Fsp3) is 0.538. The van der Waals surface area contributed by atoms with Crippen molar-refractivity contribution >= 4 is 5.78 Å². The molecule has 0 aliphatic heterocycles. The minimum Gasteiger partial charge on any atom is -0.494 e. The van der Waals surface area contributed by atoms with Crippen LogP contribution in [-0.2, 0) is 0 Å². The summed E-state index contributed by atoms with van der Waals surface area (Å²) >= 11 is 0. The molecule has 16 heavy (non-hydrogen) atoms. The lowest BCUT2D eigenvalue weighted by molar-refractivity contribution is 0.0971. The third kappa shape index (κ3) is 3.65. The second-order valence-electron chi connectivity index (χ2n) is 3.79. The molecule has 1 aromatic rings. The maximum atomic E-state index is 11.8. The Balaban J connectivity index is 2.52. The maximum absolute atomic E-state index is 11.8. The van der Waals surface area contributed by atoms with Crippen molar-refractivity contribution in [3.05, 3.63) is 24.0 Å². The molecule has 0 N–H and O–H groups in total. The van der Waals surface area contributed by atoms with Gasteiger partial charge in [-0.15, -0.1) is 0 Å². The SMILES string of the molecule is CCCCCCC(=O)c1ncccc1OC. The van der Waals surface area contributed by atoms with Crippen LogP contribution in [0.4, 0.5) is 0 Å². The van der Waals surface area contributed by atoms with Gasteiger partial charge in [0.1, 0.15) is 11.4 Å². The summed E-state index contributed by atoms with van der Waals surface area (Å²) in [7, 11) is 1.56. The van der Waals surface area contributed by atoms with E-state index < -0.39 is 0 Å². The van der Waals surface area contributed by atoms with Crippen LogP contribution < -0.4 is 4.74 Å². The first-order valence-electron chi connectivity index (χ1n) is 5.81. The number of rotatable bonds is 7. The number of aromatic nitrogens is 1. The van der Waals surface area contributed by atoms with Crippen LogP contribution in [0.1, 0.15) is 49.5 Å². The lowest BCUT2D eigenvalue weighted by Gasteiger charge is -2.05. The molecule has 0 saturated carbocycles. The summed E-state index contributed by atoms with van der Waals surface area (Å²) < 4.78 is 5.11. The summed E-state index contributed by atoms with van der Waals surface area (Å²) in [5.74, 6) is 0.650. The largest absolute Gasteiger partial charge is 0.494 e. The Morgan fingerprint density at radius 3 is 2.88 bits per heavy atom. The molecule has 1 rings (SSSR count). The van der Waals surface area contributed by atoms with E-state index in [0.717, 1.165) is 12.8 Å². The minimum atomic E-state index is 0.0774. The molecule has 0 aliphatic rings. The Bertz CT molecular complexity index is 336. The van der Waals surface area contributed by atoms with Gasteiger partial charge >= 0.3 is 0 Å². The fourth-order valence-corrected chi connectivity index (χ4v) is 1.60. The van der Waals surface area contributed by atoms with Crippen molar-refractivity contribution < 1.29 is 9.53 Å². The summed E-state index contributed by atoms with van der Waals surface area (Å²) in [5, 5.41) is 0. The van der Waals surface area contributed by atoms with Gasteiger partial charge in [0.2, 0.25) is 0 Å². The smallest absolute Gasteiger partial charge is 0.184 e. The van der Waals surface area contributed by atoms with Gasteiger partial charge in [-0.1, -0.05) is 26.2 Å². The molecule has 0 radical (unpaired) electrons. The van der Waals surface area contributed by atoms with E-state index in [1.165, 1.54) is 12.8 Å². The van der Waals surface area contributed by atoms with E-state index >= 15 is 0 Å². The molecule has 1 aromatic heterocycles. The van der Waals surface area contributed by atoms with Crippen molar-refractivity contribution in [3.8, 4) is 5.75 Å². The van der Waals surface area contributed by atoms with Crippen molar-refractivity contribution in [1.82, 2.24) is 4.98 Å². The van der Waals surface area contributed by atoms with Crippen LogP contribution in [-0.4, -0.2) is 17.9 Å². The molecule has 0 unspecified atom stereocenters. The second-order valence-corrected chi connectivity index (χ2v) is 3.79. The average molecular weight is 221 g/mol. The number of ether oxygens (including phenoxy) is 1. The number of pyridine rings is 1. The van der Waals surface area contributed by atoms with E-state index in [4.69, 9.17) is 4.74 Å². The second kappa shape index (κ2) is 6.99. The predicted octanol–water partition coefficient (Wildman–Crippen LogP) is 3.24. The minimum absolute atomic E-state index is 0.0774. The van der Waals surface area contributed by atoms with Crippen molar-refractivity contribution in [1.29, 1.82) is 0 Å². The number of carbonyl (C=O) groups is 1. The van der Waals surface area contributed by atoms with E-state index in [1.807, 2.05) is 0 Å². The molecule has 0 spiro atoms. The number of Topliss-reactive ketones (excluding diaryl/α,β-unsaturated/α-hetero) is 1. The van der Waals surface area contributed by atoms with Gasteiger partial charge in [-0.2, -0.15) is 0 Å². The van der Waals surface area contributed by atoms with Crippen molar-refractivity contribution in [2.75, 3.05) is 7.11 Å². The van der Waals surface area contributed by atoms with Gasteiger partial charge in [-0.25, -0.2) is 4.98 Å². The normalized spacial score (nSPS) is 10.1. The van der Waals surface area contributed by atoms with Crippen LogP contribution in [0.3, 0.4) is 0 Å². The molecule has 3 nitrogen and oxygen atoms in total. The van der Waals surface area contributed by atoms with Crippen LogP contribution in [0, 0.1) is 0 Å². The first kappa shape index (κ1) is 12.7. The molecule has 0 aliphatic carbocycles. The predicted molar refractivity (Wildman–Crippen MR) is 63.9 cm³/mol. The molecule has 0 bridgehead atoms. The lowest BCUT2D eigenvalue weighted by atomic mass is 10.1. The Morgan fingerprint density at radius 1 is 1.38 bits per heavy atom. The fourth-order valence-electron chi connectivity index (χ4n) is 1.60. The average Bonchev–Trinajstić information content (AvgIpc) is 2.34. The van der Waals surface area contributed by atoms with Crippen LogP contribution in [0.15, 0.2) is 18.3 Å². The molecular formula is C13H19NO2. The lowest BCUT2D eigenvalue weighted by Crippen LogP contribution is -2.04. The first-order valence-corrected chi connectivity index (χ1v) is 5.81. The van der Waals surface area contributed by atoms with Crippen molar-refractivity contribution in [2.45, 2.75) is 39.0 Å². The zero-order chi connectivity index (χ0) is 11.8. The van der Waals surface area contributed by atoms with E-state index in [2.05, 4.69) is 11.9 Å². The third-order valence-electron chi connectivity index (χ3n) is 2.51. The van der Waals surface area contributed by atoms with E-state index in [-0.39, 0.29) is 5.78 Å². The quantitative estimate of drug-likeness (QED) is 0.524. The molecule has 3 heteroatoms. The van der Waals surface area contributed by atoms with Gasteiger partial charge in [-0.3, -0.25) is 4.79 Å². The molecule has 0 atom stereocenters. The number of ketones is 1. The maximum Gasteiger partial charge on any atom is 0.184 e. The summed E-state index contributed by atoms with van der Waals surface area (Å²) in [6, 6.07) is 3.54. The highest BCUT2D eigenvalue weighted by Gasteiger charge is 2.12. The highest BCUT2D eigenvalue weighted by atomic mass is 16.5. The van der Waals surface area contributed by atoms with Crippen LogP contribution >= 0.6 is 0 Å². The Hall–Kier alpha value is -1.38. The highest BCUT2D eigenvalue weighted by molar-refractivity contribution is 5.96. The third-order valence-corrected chi connectivity index (χ3v) is 2.51. The highest BCUT2D eigenvalue weighted by Crippen LogP contribution is 2.17. The van der Waals surface area contributed by atoms with Crippen LogP contribution in [0.25, 0.3) is 0 Å². The summed E-state index contributed by atoms with van der Waals surface area (Å²) in [6.07, 6.45) is 6.60. The molecule has 1 heterocycles. The number of nitrogens with zero attached hydrogens (tertiary/aromatic N) is 1. The summed E-state index contributed by atoms with van der Waals surface area (Å²) in [6.45, 7) is 2.16. The van der Waals surface area contributed by atoms with Crippen molar-refractivity contribution in [3.63, 3.8) is 0 Å². The number of methoxy groups -OCH3 is 1. The zero-order valence-corrected chi connectivity index (χ0v) is 10.0. The van der Waals surface area contributed by atoms with E-state index in [0.29, 0.717) is 17.9 Å². The van der Waals surface area contributed by atoms with Crippen molar-refractivity contribution in [2.24, 2.45) is 0 Å². The Kier molecular flexibility index (Phi) is 5.54. The summed E-state index contributed by atoms with van der Waals surface area (Å²) in [5.41, 5.74) is 0.460. The van der Waals surface area contributed by atoms with Gasteiger partial charge < -0.3 is 4.74 Å². The summed E-state index contributed by atoms with van der Waals surface area (Å²) in [4.78, 5) is 15.9. The Morgan fingerprint density at radius 2 is 2.19 bits per heavy atom. The standard InChI is InChI=1S/C13H19NO2/c1-3-4-5-6-8-11(15)13-12(16-2)9-7-10-14-13/h7,9-10H,3-6,8H2,1-2H3. The van der Waals surface area contributed by atoms with Gasteiger partial charge in [0.25, 0.3) is 0 Å². The van der Waals surface area contributed by atoms with Gasteiger partial charge in [0.15, 0.2) is 5.78 Å². The monoisotopic (exact) mass is 221 g/mol. The topological polar surface area (TPSA) is 39.2 Å². The van der Waals surface area contributed by atoms with E-state index in [1.54, 1.807) is 25.4 Å². The molecule has 0 saturated heterocycles. The number of hydrogen-bond acceptors (Lipinski definition) is 3. The van der Waals surface area contributed by atoms with Gasteiger partial charge in [0.05, 0.1) is 7.11 Å². The Labute approximate surface area is 96.8 Å². The zero-order valence-electron chi connectivity index (χ0n) is 10.0. The van der Waals surface area contributed by atoms with Gasteiger partial charge in [0, 0.05) is 12.6 Å². The molecule has 88 valence electrons. The van der Waals surface area contributed by atoms with Crippen LogP contribution in [0.5, 0.6) is 5.75 Å².